The maximum atomic E-state index is 13.0. The molecule has 1 unspecified atom stereocenters. The van der Waals surface area contributed by atoms with Gasteiger partial charge in [0.25, 0.3) is 11.9 Å². The lowest BCUT2D eigenvalue weighted by atomic mass is 9.81. The van der Waals surface area contributed by atoms with Gasteiger partial charge in [0.1, 0.15) is 0 Å². The molecule has 9 heteroatoms. The Morgan fingerprint density at radius 2 is 1.83 bits per heavy atom. The highest BCUT2D eigenvalue weighted by Gasteiger charge is 2.48. The van der Waals surface area contributed by atoms with Crippen LogP contribution in [0, 0.1) is 11.3 Å². The highest BCUT2D eigenvalue weighted by Crippen LogP contribution is 2.42. The molecule has 0 spiro atoms. The molecule has 2 aliphatic rings. The number of nitrogens with two attached hydrogens (primary N) is 1. The van der Waals surface area contributed by atoms with Crippen LogP contribution in [-0.2, 0) is 9.53 Å². The van der Waals surface area contributed by atoms with Crippen LogP contribution in [0.4, 0.5) is 14.5 Å². The van der Waals surface area contributed by atoms with Gasteiger partial charge in [-0.2, -0.15) is 4.99 Å². The molecule has 0 radical (unpaired) electrons. The van der Waals surface area contributed by atoms with Crippen LogP contribution in [0.15, 0.2) is 64.6 Å². The summed E-state index contributed by atoms with van der Waals surface area (Å²) in [6.07, 6.45) is -2.19. The van der Waals surface area contributed by atoms with Crippen molar-refractivity contribution >= 4 is 29.2 Å². The number of anilines is 1. The van der Waals surface area contributed by atoms with Crippen LogP contribution in [0.2, 0.25) is 0 Å². The molecule has 30 heavy (non-hydrogen) atoms. The zero-order valence-corrected chi connectivity index (χ0v) is 15.8. The predicted octanol–water partition coefficient (Wildman–Crippen LogP) is 3.16. The Hall–Kier alpha value is -3.62. The van der Waals surface area contributed by atoms with E-state index in [2.05, 4.69) is 15.3 Å². The van der Waals surface area contributed by atoms with E-state index in [4.69, 9.17) is 15.9 Å². The number of benzene rings is 2. The number of alkyl halides is 2. The molecule has 0 aromatic heterocycles. The Morgan fingerprint density at radius 3 is 2.53 bits per heavy atom. The highest BCUT2D eigenvalue weighted by molar-refractivity contribution is 6.19. The first kappa shape index (κ1) is 19.7. The quantitative estimate of drug-likeness (QED) is 0.533. The molecule has 1 atom stereocenters. The lowest BCUT2D eigenvalue weighted by molar-refractivity contribution is -0.117. The fourth-order valence-electron chi connectivity index (χ4n) is 3.35. The van der Waals surface area contributed by atoms with Crippen molar-refractivity contribution in [2.75, 3.05) is 5.32 Å². The summed E-state index contributed by atoms with van der Waals surface area (Å²) in [5.41, 5.74) is 8.36. The number of fused-ring (bicyclic) bond motifs is 1. The molecule has 1 amide bonds. The van der Waals surface area contributed by atoms with Gasteiger partial charge in [0.15, 0.2) is 5.90 Å². The third-order valence-electron chi connectivity index (χ3n) is 4.90. The van der Waals surface area contributed by atoms with E-state index in [9.17, 15) is 13.6 Å². The van der Waals surface area contributed by atoms with Crippen LogP contribution < -0.4 is 11.1 Å². The van der Waals surface area contributed by atoms with E-state index in [1.165, 1.54) is 0 Å². The van der Waals surface area contributed by atoms with Crippen LogP contribution in [0.1, 0.15) is 24.0 Å². The Bertz CT molecular complexity index is 1040. The van der Waals surface area contributed by atoms with Gasteiger partial charge < -0.3 is 15.8 Å². The number of nitrogens with one attached hydrogen (secondary N) is 2. The Balaban J connectivity index is 1.62. The monoisotopic (exact) mass is 411 g/mol. The molecule has 1 heterocycles. The molecule has 154 valence electrons. The zero-order valence-electron chi connectivity index (χ0n) is 15.8. The number of halogens is 2. The van der Waals surface area contributed by atoms with Gasteiger partial charge in [-0.25, -0.2) is 13.8 Å². The second-order valence-corrected chi connectivity index (χ2v) is 7.15. The number of hydrogen-bond acceptors (Lipinski definition) is 5. The van der Waals surface area contributed by atoms with E-state index in [-0.39, 0.29) is 0 Å². The van der Waals surface area contributed by atoms with Crippen LogP contribution in [0.25, 0.3) is 0 Å². The smallest absolute Gasteiger partial charge is 0.291 e. The largest absolute Gasteiger partial charge is 0.412 e. The number of carbonyl (C=O) groups excluding carboxylic acids is 1. The summed E-state index contributed by atoms with van der Waals surface area (Å²) in [7, 11) is 0. The first-order valence-electron chi connectivity index (χ1n) is 9.33. The molecule has 0 saturated heterocycles. The Morgan fingerprint density at radius 1 is 1.17 bits per heavy atom. The number of ether oxygens (including phenoxy) is 1. The Labute approximate surface area is 171 Å². The molecule has 4 N–H and O–H groups in total. The van der Waals surface area contributed by atoms with E-state index in [1.54, 1.807) is 12.1 Å². The summed E-state index contributed by atoms with van der Waals surface area (Å²) in [6.45, 7) is 0. The van der Waals surface area contributed by atoms with Crippen molar-refractivity contribution in [3.63, 3.8) is 0 Å². The third kappa shape index (κ3) is 4.05. The maximum absolute atomic E-state index is 13.0. The third-order valence-corrected chi connectivity index (χ3v) is 4.90. The first-order chi connectivity index (χ1) is 14.3. The minimum Gasteiger partial charge on any atom is -0.412 e. The number of carbonyl (C=O) groups is 1. The number of hydrogen-bond donors (Lipinski definition) is 3. The molecular formula is C21H19F2N5O2. The fourth-order valence-corrected chi connectivity index (χ4v) is 3.35. The van der Waals surface area contributed by atoms with E-state index < -0.39 is 48.7 Å². The maximum Gasteiger partial charge on any atom is 0.291 e. The second-order valence-electron chi connectivity index (χ2n) is 7.15. The minimum absolute atomic E-state index is 0.397. The van der Waals surface area contributed by atoms with Gasteiger partial charge in [-0.1, -0.05) is 48.5 Å². The van der Waals surface area contributed by atoms with Gasteiger partial charge >= 0.3 is 0 Å². The van der Waals surface area contributed by atoms with Gasteiger partial charge in [0.2, 0.25) is 12.1 Å². The fraction of sp³-hybridized carbons (Fsp3) is 0.238. The summed E-state index contributed by atoms with van der Waals surface area (Å²) in [4.78, 5) is 21.2. The van der Waals surface area contributed by atoms with E-state index in [1.807, 2.05) is 42.5 Å². The molecule has 1 saturated carbocycles. The normalized spacial score (nSPS) is 20.9. The van der Waals surface area contributed by atoms with Crippen molar-refractivity contribution in [3.8, 4) is 0 Å². The first-order valence-corrected chi connectivity index (χ1v) is 9.33. The Kier molecular flexibility index (Phi) is 5.03. The van der Waals surface area contributed by atoms with Crippen molar-refractivity contribution < 1.29 is 18.3 Å². The topological polar surface area (TPSA) is 113 Å². The van der Waals surface area contributed by atoms with Crippen LogP contribution in [0.3, 0.4) is 0 Å². The molecule has 1 aliphatic heterocycles. The van der Waals surface area contributed by atoms with E-state index >= 15 is 0 Å². The number of aliphatic imine (C=N–C) groups is 2. The lowest BCUT2D eigenvalue weighted by Crippen LogP contribution is -2.42. The number of amidine groups is 1. The van der Waals surface area contributed by atoms with Crippen molar-refractivity contribution in [1.29, 1.82) is 5.41 Å². The van der Waals surface area contributed by atoms with E-state index in [0.717, 1.165) is 11.1 Å². The summed E-state index contributed by atoms with van der Waals surface area (Å²) in [5, 5.41) is 10.6. The van der Waals surface area contributed by atoms with E-state index in [0.29, 0.717) is 11.4 Å². The molecule has 7 nitrogen and oxygen atoms in total. The van der Waals surface area contributed by atoms with Gasteiger partial charge in [0, 0.05) is 29.9 Å². The average molecular weight is 411 g/mol. The number of rotatable bonds is 3. The molecule has 1 fully saturated rings. The van der Waals surface area contributed by atoms with Crippen LogP contribution in [-0.4, -0.2) is 35.6 Å². The van der Waals surface area contributed by atoms with Crippen molar-refractivity contribution in [2.45, 2.75) is 24.9 Å². The van der Waals surface area contributed by atoms with Crippen molar-refractivity contribution in [2.24, 2.45) is 21.6 Å². The molecule has 2 aromatic rings. The second kappa shape index (κ2) is 7.66. The van der Waals surface area contributed by atoms with Gasteiger partial charge in [-0.05, 0) is 6.07 Å². The average Bonchev–Trinajstić information content (AvgIpc) is 2.83. The van der Waals surface area contributed by atoms with Gasteiger partial charge in [0.05, 0.1) is 11.4 Å². The van der Waals surface area contributed by atoms with Crippen LogP contribution in [0.5, 0.6) is 0 Å². The molecular weight excluding hydrogens is 392 g/mol. The molecule has 0 bridgehead atoms. The SMILES string of the molecule is N=C(O/C(N)=N/C1N=C(c2ccccc2)c2ccccc2NC1=O)C1CC(F)(F)C1. The molecule has 2 aromatic carbocycles. The molecule has 1 aliphatic carbocycles. The highest BCUT2D eigenvalue weighted by atomic mass is 19.3. The van der Waals surface area contributed by atoms with Gasteiger partial charge in [-0.15, -0.1) is 0 Å². The number of benzodiazepines with no additional fused rings is 1. The summed E-state index contributed by atoms with van der Waals surface area (Å²) in [5.74, 6) is -4.42. The standard InChI is InChI=1S/C21H19F2N5O2/c22-21(23)10-13(11-21)17(24)30-20(25)28-18-19(29)26-15-9-5-4-8-14(15)16(27-18)12-6-2-1-3-7-12/h1-9,13,18,24H,10-11H2,(H2,25,28)(H,26,29). The predicted molar refractivity (Wildman–Crippen MR) is 109 cm³/mol. The zero-order chi connectivity index (χ0) is 21.3. The van der Waals surface area contributed by atoms with Crippen molar-refractivity contribution in [1.82, 2.24) is 0 Å². The minimum atomic E-state index is -2.78. The molecule has 4 rings (SSSR count). The van der Waals surface area contributed by atoms with Crippen LogP contribution >= 0.6 is 0 Å². The summed E-state index contributed by atoms with van der Waals surface area (Å²) < 4.78 is 31.1. The van der Waals surface area contributed by atoms with Gasteiger partial charge in [-0.3, -0.25) is 10.2 Å². The van der Waals surface area contributed by atoms with Crippen molar-refractivity contribution in [3.05, 3.63) is 65.7 Å². The summed E-state index contributed by atoms with van der Waals surface area (Å²) >= 11 is 0. The summed E-state index contributed by atoms with van der Waals surface area (Å²) in [6, 6.07) is 16.0. The number of nitrogens with zero attached hydrogens (tertiary/aromatic N) is 2. The lowest BCUT2D eigenvalue weighted by Gasteiger charge is -2.34. The number of para-hydroxylation sites is 1. The number of amides is 1.